The van der Waals surface area contributed by atoms with Gasteiger partial charge in [0.1, 0.15) is 5.60 Å². The summed E-state index contributed by atoms with van der Waals surface area (Å²) in [5.74, 6) is 0. The van der Waals surface area contributed by atoms with Crippen LogP contribution in [0.15, 0.2) is 0 Å². The lowest BCUT2D eigenvalue weighted by atomic mass is 9.85. The number of rotatable bonds is 0. The first-order valence-corrected chi connectivity index (χ1v) is 4.09. The smallest absolute Gasteiger partial charge is 0.407 e. The molecule has 3 heteroatoms. The van der Waals surface area contributed by atoms with Crippen molar-refractivity contribution in [3.05, 3.63) is 6.42 Å². The number of nitrogens with one attached hydrogen (secondary N) is 1. The molecule has 11 heavy (non-hydrogen) atoms. The monoisotopic (exact) mass is 154 g/mol. The molecule has 0 aromatic heterocycles. The zero-order chi connectivity index (χ0) is 7.73. The van der Waals surface area contributed by atoms with Crippen LogP contribution in [0.25, 0.3) is 0 Å². The van der Waals surface area contributed by atoms with Crippen molar-refractivity contribution in [3.8, 4) is 0 Å². The van der Waals surface area contributed by atoms with Crippen molar-refractivity contribution < 1.29 is 9.53 Å². The van der Waals surface area contributed by atoms with Crippen LogP contribution in [-0.2, 0) is 4.74 Å². The van der Waals surface area contributed by atoms with Gasteiger partial charge in [0.2, 0.25) is 0 Å². The maximum atomic E-state index is 10.8. The second-order valence-corrected chi connectivity index (χ2v) is 3.29. The Labute approximate surface area is 66.1 Å². The molecule has 1 N–H and O–H groups in total. The molecule has 0 aromatic carbocycles. The van der Waals surface area contributed by atoms with Crippen molar-refractivity contribution in [1.82, 2.24) is 5.32 Å². The lowest BCUT2D eigenvalue weighted by Gasteiger charge is -2.29. The van der Waals surface area contributed by atoms with E-state index < -0.39 is 0 Å². The van der Waals surface area contributed by atoms with E-state index in [0.717, 1.165) is 25.7 Å². The van der Waals surface area contributed by atoms with Gasteiger partial charge in [0, 0.05) is 0 Å². The predicted molar refractivity (Wildman–Crippen MR) is 40.0 cm³/mol. The van der Waals surface area contributed by atoms with Gasteiger partial charge in [0.15, 0.2) is 0 Å². The Kier molecular flexibility index (Phi) is 1.51. The predicted octanol–water partition coefficient (Wildman–Crippen LogP) is 1.24. The standard InChI is InChI=1S/C8H12NO2/c10-7-9-6-8(11-7)4-2-1-3-5-8/h1H,2-6H2,(H,9,10). The molecule has 0 aromatic rings. The summed E-state index contributed by atoms with van der Waals surface area (Å²) in [6.07, 6.45) is 6.16. The summed E-state index contributed by atoms with van der Waals surface area (Å²) in [6, 6.07) is 0. The molecular formula is C8H12NO2. The second-order valence-electron chi connectivity index (χ2n) is 3.29. The quantitative estimate of drug-likeness (QED) is 0.570. The van der Waals surface area contributed by atoms with Crippen molar-refractivity contribution in [2.75, 3.05) is 6.54 Å². The van der Waals surface area contributed by atoms with Crippen molar-refractivity contribution in [2.45, 2.75) is 31.3 Å². The molecule has 0 unspecified atom stereocenters. The first-order chi connectivity index (χ1) is 5.31. The Morgan fingerprint density at radius 1 is 1.45 bits per heavy atom. The Bertz CT molecular complexity index is 173. The topological polar surface area (TPSA) is 38.3 Å². The van der Waals surface area contributed by atoms with E-state index in [9.17, 15) is 4.79 Å². The maximum Gasteiger partial charge on any atom is 0.407 e. The maximum absolute atomic E-state index is 10.8. The highest BCUT2D eigenvalue weighted by atomic mass is 16.6. The zero-order valence-electron chi connectivity index (χ0n) is 6.43. The van der Waals surface area contributed by atoms with E-state index in [2.05, 4.69) is 11.7 Å². The average Bonchev–Trinajstić information content (AvgIpc) is 2.34. The Morgan fingerprint density at radius 3 is 2.73 bits per heavy atom. The lowest BCUT2D eigenvalue weighted by molar-refractivity contribution is 0.0339. The van der Waals surface area contributed by atoms with Crippen molar-refractivity contribution in [3.63, 3.8) is 0 Å². The van der Waals surface area contributed by atoms with Crippen LogP contribution in [-0.4, -0.2) is 18.2 Å². The van der Waals surface area contributed by atoms with E-state index in [1.54, 1.807) is 0 Å². The minimum atomic E-state index is -0.244. The molecule has 2 fully saturated rings. The molecule has 0 atom stereocenters. The molecule has 61 valence electrons. The fourth-order valence-electron chi connectivity index (χ4n) is 1.78. The second kappa shape index (κ2) is 2.40. The van der Waals surface area contributed by atoms with Crippen molar-refractivity contribution in [2.24, 2.45) is 0 Å². The van der Waals surface area contributed by atoms with Crippen LogP contribution in [0.2, 0.25) is 0 Å². The minimum Gasteiger partial charge on any atom is -0.441 e. The highest BCUT2D eigenvalue weighted by molar-refractivity contribution is 5.70. The molecule has 1 spiro atoms. The summed E-state index contributed by atoms with van der Waals surface area (Å²) in [6.45, 7) is 0.708. The summed E-state index contributed by atoms with van der Waals surface area (Å²) in [5, 5.41) is 2.70. The average molecular weight is 154 g/mol. The van der Waals surface area contributed by atoms with E-state index in [-0.39, 0.29) is 11.7 Å². The summed E-state index contributed by atoms with van der Waals surface area (Å²) in [5.41, 5.74) is -0.147. The fourth-order valence-corrected chi connectivity index (χ4v) is 1.78. The molecule has 2 aliphatic rings. The number of amides is 1. The van der Waals surface area contributed by atoms with Crippen LogP contribution in [0.3, 0.4) is 0 Å². The van der Waals surface area contributed by atoms with Crippen molar-refractivity contribution in [1.29, 1.82) is 0 Å². The molecule has 1 saturated carbocycles. The Balaban J connectivity index is 2.03. The number of hydrogen-bond donors (Lipinski definition) is 1. The van der Waals surface area contributed by atoms with E-state index in [4.69, 9.17) is 4.74 Å². The van der Waals surface area contributed by atoms with E-state index in [1.807, 2.05) is 0 Å². The number of hydrogen-bond acceptors (Lipinski definition) is 2. The van der Waals surface area contributed by atoms with E-state index in [1.165, 1.54) is 0 Å². The number of carbonyl (C=O) groups is 1. The number of alkyl carbamates (subject to hydrolysis) is 1. The lowest BCUT2D eigenvalue weighted by Crippen LogP contribution is -2.35. The molecule has 1 radical (unpaired) electrons. The van der Waals surface area contributed by atoms with Gasteiger partial charge in [-0.05, 0) is 32.1 Å². The van der Waals surface area contributed by atoms with Crippen molar-refractivity contribution >= 4 is 6.09 Å². The van der Waals surface area contributed by atoms with Gasteiger partial charge in [-0.3, -0.25) is 0 Å². The largest absolute Gasteiger partial charge is 0.441 e. The molecule has 1 heterocycles. The molecule has 3 nitrogen and oxygen atoms in total. The third kappa shape index (κ3) is 1.19. The molecule has 1 aliphatic carbocycles. The molecule has 1 saturated heterocycles. The fraction of sp³-hybridized carbons (Fsp3) is 0.750. The van der Waals surface area contributed by atoms with Crippen LogP contribution in [0.4, 0.5) is 4.79 Å². The SMILES string of the molecule is O=C1NCC2(CC[CH]CC2)O1. The first-order valence-electron chi connectivity index (χ1n) is 4.09. The van der Waals surface area contributed by atoms with Crippen LogP contribution >= 0.6 is 0 Å². The number of ether oxygens (including phenoxy) is 1. The van der Waals surface area contributed by atoms with Gasteiger partial charge in [-0.1, -0.05) is 0 Å². The molecule has 2 rings (SSSR count). The van der Waals surface area contributed by atoms with E-state index >= 15 is 0 Å². The summed E-state index contributed by atoms with van der Waals surface area (Å²) in [7, 11) is 0. The summed E-state index contributed by atoms with van der Waals surface area (Å²) in [4.78, 5) is 10.8. The van der Waals surface area contributed by atoms with Gasteiger partial charge in [0.25, 0.3) is 0 Å². The summed E-state index contributed by atoms with van der Waals surface area (Å²) >= 11 is 0. The van der Waals surface area contributed by atoms with Crippen LogP contribution in [0, 0.1) is 6.42 Å². The molecular weight excluding hydrogens is 142 g/mol. The highest BCUT2D eigenvalue weighted by Gasteiger charge is 2.40. The first kappa shape index (κ1) is 6.95. The minimum absolute atomic E-state index is 0.147. The Hall–Kier alpha value is -0.730. The van der Waals surface area contributed by atoms with Gasteiger partial charge in [0.05, 0.1) is 6.54 Å². The van der Waals surface area contributed by atoms with Crippen LogP contribution in [0.5, 0.6) is 0 Å². The van der Waals surface area contributed by atoms with Crippen LogP contribution < -0.4 is 5.32 Å². The Morgan fingerprint density at radius 2 is 2.18 bits per heavy atom. The normalized spacial score (nSPS) is 28.2. The number of carbonyl (C=O) groups excluding carboxylic acids is 1. The van der Waals surface area contributed by atoms with Gasteiger partial charge in [-0.2, -0.15) is 0 Å². The molecule has 0 bridgehead atoms. The highest BCUT2D eigenvalue weighted by Crippen LogP contribution is 2.32. The zero-order valence-corrected chi connectivity index (χ0v) is 6.43. The van der Waals surface area contributed by atoms with Gasteiger partial charge in [-0.25, -0.2) is 4.79 Å². The molecule has 1 amide bonds. The third-order valence-corrected chi connectivity index (χ3v) is 2.47. The van der Waals surface area contributed by atoms with Gasteiger partial charge >= 0.3 is 6.09 Å². The molecule has 1 aliphatic heterocycles. The van der Waals surface area contributed by atoms with Gasteiger partial charge in [-0.15, -0.1) is 0 Å². The van der Waals surface area contributed by atoms with Gasteiger partial charge < -0.3 is 10.1 Å². The summed E-state index contributed by atoms with van der Waals surface area (Å²) < 4.78 is 5.22. The van der Waals surface area contributed by atoms with E-state index in [0.29, 0.717) is 6.54 Å². The third-order valence-electron chi connectivity index (χ3n) is 2.47. The van der Waals surface area contributed by atoms with Crippen LogP contribution in [0.1, 0.15) is 25.7 Å².